The molecule has 1 N–H and O–H groups in total. The number of amides is 1. The SMILES string of the molecule is Cc1c(C(=O)NC(C)c2cccc(F)c2)oc2c1C(=O)CCC2. The van der Waals surface area contributed by atoms with Gasteiger partial charge in [-0.1, -0.05) is 12.1 Å². The lowest BCUT2D eigenvalue weighted by Crippen LogP contribution is -2.27. The van der Waals surface area contributed by atoms with Crippen molar-refractivity contribution in [1.82, 2.24) is 5.32 Å². The largest absolute Gasteiger partial charge is 0.455 e. The maximum Gasteiger partial charge on any atom is 0.287 e. The van der Waals surface area contributed by atoms with Gasteiger partial charge in [-0.05, 0) is 38.0 Å². The molecule has 0 radical (unpaired) electrons. The molecule has 3 rings (SSSR count). The highest BCUT2D eigenvalue weighted by Crippen LogP contribution is 2.29. The molecule has 1 aromatic heterocycles. The third kappa shape index (κ3) is 2.91. The van der Waals surface area contributed by atoms with Crippen LogP contribution >= 0.6 is 0 Å². The second-order valence-corrected chi connectivity index (χ2v) is 5.88. The molecule has 1 aromatic carbocycles. The number of carbonyl (C=O) groups excluding carboxylic acids is 2. The minimum Gasteiger partial charge on any atom is -0.455 e. The fourth-order valence-corrected chi connectivity index (χ4v) is 2.99. The number of hydrogen-bond donors (Lipinski definition) is 1. The number of fused-ring (bicyclic) bond motifs is 1. The summed E-state index contributed by atoms with van der Waals surface area (Å²) < 4.78 is 18.9. The molecule has 1 aliphatic carbocycles. The molecule has 0 fully saturated rings. The van der Waals surface area contributed by atoms with E-state index in [9.17, 15) is 14.0 Å². The molecule has 1 heterocycles. The second kappa shape index (κ2) is 5.99. The minimum absolute atomic E-state index is 0.0322. The Bertz CT molecular complexity index is 779. The molecule has 0 saturated carbocycles. The van der Waals surface area contributed by atoms with Crippen molar-refractivity contribution >= 4 is 11.7 Å². The maximum absolute atomic E-state index is 13.3. The molecular formula is C18H18FNO3. The standard InChI is InChI=1S/C18H18FNO3/c1-10-16-14(21)7-4-8-15(16)23-17(10)18(22)20-11(2)12-5-3-6-13(19)9-12/h3,5-6,9,11H,4,7-8H2,1-2H3,(H,20,22). The van der Waals surface area contributed by atoms with Gasteiger partial charge in [-0.25, -0.2) is 4.39 Å². The maximum atomic E-state index is 13.3. The molecule has 0 saturated heterocycles. The summed E-state index contributed by atoms with van der Waals surface area (Å²) in [5.74, 6) is 0.0702. The Morgan fingerprint density at radius 3 is 2.83 bits per heavy atom. The van der Waals surface area contributed by atoms with Crippen molar-refractivity contribution in [1.29, 1.82) is 0 Å². The van der Waals surface area contributed by atoms with Crippen molar-refractivity contribution in [2.45, 2.75) is 39.2 Å². The first-order valence-electron chi connectivity index (χ1n) is 7.69. The predicted octanol–water partition coefficient (Wildman–Crippen LogP) is 3.74. The van der Waals surface area contributed by atoms with E-state index >= 15 is 0 Å². The van der Waals surface area contributed by atoms with Gasteiger partial charge >= 0.3 is 0 Å². The Balaban J connectivity index is 1.83. The van der Waals surface area contributed by atoms with Crippen LogP contribution in [0.2, 0.25) is 0 Å². The van der Waals surface area contributed by atoms with Crippen LogP contribution in [0.4, 0.5) is 4.39 Å². The molecule has 23 heavy (non-hydrogen) atoms. The smallest absolute Gasteiger partial charge is 0.287 e. The summed E-state index contributed by atoms with van der Waals surface area (Å²) in [5, 5.41) is 2.79. The van der Waals surface area contributed by atoms with Gasteiger partial charge in [0.2, 0.25) is 0 Å². The van der Waals surface area contributed by atoms with Gasteiger partial charge in [0.15, 0.2) is 11.5 Å². The fraction of sp³-hybridized carbons (Fsp3) is 0.333. The average molecular weight is 315 g/mol. The first kappa shape index (κ1) is 15.5. The number of benzene rings is 1. The third-order valence-corrected chi connectivity index (χ3v) is 4.21. The van der Waals surface area contributed by atoms with E-state index < -0.39 is 0 Å². The predicted molar refractivity (Wildman–Crippen MR) is 83.0 cm³/mol. The number of aryl methyl sites for hydroxylation is 1. The lowest BCUT2D eigenvalue weighted by molar-refractivity contribution is 0.0906. The zero-order valence-electron chi connectivity index (χ0n) is 13.1. The van der Waals surface area contributed by atoms with Crippen LogP contribution in [0.15, 0.2) is 28.7 Å². The molecule has 0 bridgehead atoms. The van der Waals surface area contributed by atoms with Crippen molar-refractivity contribution in [2.24, 2.45) is 0 Å². The van der Waals surface area contributed by atoms with Gasteiger partial charge in [-0.15, -0.1) is 0 Å². The van der Waals surface area contributed by atoms with Gasteiger partial charge in [-0.3, -0.25) is 9.59 Å². The summed E-state index contributed by atoms with van der Waals surface area (Å²) >= 11 is 0. The van der Waals surface area contributed by atoms with Gasteiger partial charge in [0.1, 0.15) is 11.6 Å². The van der Waals surface area contributed by atoms with Crippen LogP contribution in [-0.2, 0) is 6.42 Å². The highest BCUT2D eigenvalue weighted by Gasteiger charge is 2.29. The lowest BCUT2D eigenvalue weighted by Gasteiger charge is -2.13. The van der Waals surface area contributed by atoms with Gasteiger partial charge < -0.3 is 9.73 Å². The topological polar surface area (TPSA) is 59.3 Å². The van der Waals surface area contributed by atoms with Crippen molar-refractivity contribution in [2.75, 3.05) is 0 Å². The Kier molecular flexibility index (Phi) is 4.03. The van der Waals surface area contributed by atoms with Crippen LogP contribution < -0.4 is 5.32 Å². The zero-order chi connectivity index (χ0) is 16.6. The van der Waals surface area contributed by atoms with Crippen LogP contribution in [-0.4, -0.2) is 11.7 Å². The number of nitrogens with one attached hydrogen (secondary N) is 1. The molecule has 0 spiro atoms. The summed E-state index contributed by atoms with van der Waals surface area (Å²) in [4.78, 5) is 24.4. The number of carbonyl (C=O) groups is 2. The van der Waals surface area contributed by atoms with Crippen molar-refractivity contribution in [3.8, 4) is 0 Å². The summed E-state index contributed by atoms with van der Waals surface area (Å²) in [7, 11) is 0. The minimum atomic E-state index is -0.388. The number of halogens is 1. The van der Waals surface area contributed by atoms with E-state index in [0.717, 1.165) is 6.42 Å². The Labute approximate surface area is 133 Å². The van der Waals surface area contributed by atoms with E-state index in [1.807, 2.05) is 0 Å². The first-order valence-corrected chi connectivity index (χ1v) is 7.69. The van der Waals surface area contributed by atoms with Gasteiger partial charge in [0.25, 0.3) is 5.91 Å². The normalized spacial score (nSPS) is 15.2. The van der Waals surface area contributed by atoms with E-state index in [1.54, 1.807) is 26.0 Å². The van der Waals surface area contributed by atoms with Crippen molar-refractivity contribution in [3.63, 3.8) is 0 Å². The molecule has 120 valence electrons. The molecule has 1 atom stereocenters. The third-order valence-electron chi connectivity index (χ3n) is 4.21. The summed E-state index contributed by atoms with van der Waals surface area (Å²) in [6.45, 7) is 3.50. The molecule has 1 aliphatic rings. The monoisotopic (exact) mass is 315 g/mol. The zero-order valence-corrected chi connectivity index (χ0v) is 13.1. The molecule has 1 unspecified atom stereocenters. The quantitative estimate of drug-likeness (QED) is 0.938. The van der Waals surface area contributed by atoms with E-state index in [1.165, 1.54) is 12.1 Å². The molecule has 1 amide bonds. The van der Waals surface area contributed by atoms with Gasteiger partial charge in [0.05, 0.1) is 11.6 Å². The summed E-state index contributed by atoms with van der Waals surface area (Å²) in [6, 6.07) is 5.72. The fourth-order valence-electron chi connectivity index (χ4n) is 2.99. The number of ketones is 1. The molecule has 4 nitrogen and oxygen atoms in total. The first-order chi connectivity index (χ1) is 11.0. The van der Waals surface area contributed by atoms with Crippen LogP contribution in [0.5, 0.6) is 0 Å². The van der Waals surface area contributed by atoms with Crippen LogP contribution in [0, 0.1) is 12.7 Å². The number of hydrogen-bond acceptors (Lipinski definition) is 3. The van der Waals surface area contributed by atoms with Crippen LogP contribution in [0.3, 0.4) is 0 Å². The Morgan fingerprint density at radius 2 is 2.13 bits per heavy atom. The van der Waals surface area contributed by atoms with E-state index in [4.69, 9.17) is 4.42 Å². The molecule has 0 aliphatic heterocycles. The summed E-state index contributed by atoms with van der Waals surface area (Å²) in [6.07, 6.45) is 1.92. The number of rotatable bonds is 3. The van der Waals surface area contributed by atoms with Crippen molar-refractivity contribution in [3.05, 3.63) is 58.3 Å². The molecule has 5 heteroatoms. The number of Topliss-reactive ketones (excluding diaryl/α,β-unsaturated/α-hetero) is 1. The molecular weight excluding hydrogens is 297 g/mol. The number of furan rings is 1. The highest BCUT2D eigenvalue weighted by molar-refractivity contribution is 6.03. The van der Waals surface area contributed by atoms with Crippen LogP contribution in [0.1, 0.15) is 63.6 Å². The van der Waals surface area contributed by atoms with E-state index in [2.05, 4.69) is 5.32 Å². The molecule has 2 aromatic rings. The Morgan fingerprint density at radius 1 is 1.35 bits per heavy atom. The van der Waals surface area contributed by atoms with Gasteiger partial charge in [-0.2, -0.15) is 0 Å². The van der Waals surface area contributed by atoms with E-state index in [0.29, 0.717) is 35.3 Å². The van der Waals surface area contributed by atoms with Crippen LogP contribution in [0.25, 0.3) is 0 Å². The summed E-state index contributed by atoms with van der Waals surface area (Å²) in [5.41, 5.74) is 1.82. The lowest BCUT2D eigenvalue weighted by atomic mass is 9.94. The van der Waals surface area contributed by atoms with Gasteiger partial charge in [0, 0.05) is 18.4 Å². The van der Waals surface area contributed by atoms with Crippen molar-refractivity contribution < 1.29 is 18.4 Å². The average Bonchev–Trinajstić information content (AvgIpc) is 2.85. The second-order valence-electron chi connectivity index (χ2n) is 5.88. The Hall–Kier alpha value is -2.43. The highest BCUT2D eigenvalue weighted by atomic mass is 19.1. The van der Waals surface area contributed by atoms with E-state index in [-0.39, 0.29) is 29.3 Å².